The van der Waals surface area contributed by atoms with E-state index >= 15 is 0 Å². The predicted molar refractivity (Wildman–Crippen MR) is 104 cm³/mol. The van der Waals surface area contributed by atoms with Gasteiger partial charge < -0.3 is 19.7 Å². The summed E-state index contributed by atoms with van der Waals surface area (Å²) in [4.78, 5) is 27.1. The molecule has 27 heavy (non-hydrogen) atoms. The average Bonchev–Trinajstić information content (AvgIpc) is 2.69. The number of amides is 2. The van der Waals surface area contributed by atoms with Crippen molar-refractivity contribution < 1.29 is 19.1 Å². The van der Waals surface area contributed by atoms with Crippen molar-refractivity contribution in [3.8, 4) is 5.75 Å². The molecule has 1 aromatic rings. The van der Waals surface area contributed by atoms with Crippen LogP contribution in [0.1, 0.15) is 39.5 Å². The summed E-state index contributed by atoms with van der Waals surface area (Å²) in [5.74, 6) is 1.11. The summed E-state index contributed by atoms with van der Waals surface area (Å²) in [5, 5.41) is 2.99. The molecule has 0 atom stereocenters. The molecule has 1 saturated carbocycles. The molecule has 2 amide bonds. The summed E-state index contributed by atoms with van der Waals surface area (Å²) in [6, 6.07) is 7.47. The Morgan fingerprint density at radius 1 is 1.04 bits per heavy atom. The third kappa shape index (κ3) is 5.45. The third-order valence-corrected chi connectivity index (χ3v) is 5.26. The molecule has 2 aliphatic rings. The second-order valence-electron chi connectivity index (χ2n) is 7.67. The number of benzene rings is 1. The van der Waals surface area contributed by atoms with Crippen LogP contribution in [0.2, 0.25) is 0 Å². The van der Waals surface area contributed by atoms with Crippen LogP contribution in [0.5, 0.6) is 5.75 Å². The van der Waals surface area contributed by atoms with Crippen LogP contribution in [0.4, 0.5) is 5.69 Å². The Balaban J connectivity index is 1.46. The number of rotatable bonds is 5. The molecule has 3 rings (SSSR count). The van der Waals surface area contributed by atoms with Gasteiger partial charge in [-0.3, -0.25) is 9.59 Å². The van der Waals surface area contributed by atoms with Crippen LogP contribution in [-0.2, 0) is 14.3 Å². The van der Waals surface area contributed by atoms with Crippen molar-refractivity contribution >= 4 is 17.5 Å². The molecule has 2 fully saturated rings. The number of carbonyl (C=O) groups is 2. The highest BCUT2D eigenvalue weighted by molar-refractivity contribution is 5.92. The van der Waals surface area contributed by atoms with Crippen LogP contribution in [0.25, 0.3) is 0 Å². The number of hydrogen-bond donors (Lipinski definition) is 1. The van der Waals surface area contributed by atoms with Gasteiger partial charge in [0, 0.05) is 30.6 Å². The number of morpholine rings is 1. The molecule has 1 aromatic carbocycles. The van der Waals surface area contributed by atoms with E-state index in [0.717, 1.165) is 37.1 Å². The molecule has 0 radical (unpaired) electrons. The number of nitrogens with one attached hydrogen (secondary N) is 1. The van der Waals surface area contributed by atoms with E-state index in [-0.39, 0.29) is 29.8 Å². The molecular formula is C21H30N2O4. The van der Waals surface area contributed by atoms with E-state index in [1.807, 2.05) is 43.0 Å². The fourth-order valence-corrected chi connectivity index (χ4v) is 3.78. The first-order chi connectivity index (χ1) is 13.0. The van der Waals surface area contributed by atoms with Crippen LogP contribution >= 0.6 is 0 Å². The molecule has 0 aromatic heterocycles. The van der Waals surface area contributed by atoms with E-state index < -0.39 is 0 Å². The highest BCUT2D eigenvalue weighted by Gasteiger charge is 2.32. The lowest BCUT2D eigenvalue weighted by Crippen LogP contribution is -2.44. The highest BCUT2D eigenvalue weighted by Crippen LogP contribution is 2.31. The van der Waals surface area contributed by atoms with Crippen LogP contribution in [-0.4, -0.2) is 49.1 Å². The summed E-state index contributed by atoms with van der Waals surface area (Å²) in [6.45, 7) is 6.60. The van der Waals surface area contributed by atoms with Gasteiger partial charge in [0.15, 0.2) is 0 Å². The quantitative estimate of drug-likeness (QED) is 0.860. The lowest BCUT2D eigenvalue weighted by atomic mass is 9.81. The predicted octanol–water partition coefficient (Wildman–Crippen LogP) is 3.08. The summed E-state index contributed by atoms with van der Waals surface area (Å²) in [7, 11) is 0. The van der Waals surface area contributed by atoms with Crippen molar-refractivity contribution in [2.45, 2.75) is 45.6 Å². The van der Waals surface area contributed by atoms with Gasteiger partial charge >= 0.3 is 0 Å². The molecule has 0 unspecified atom stereocenters. The van der Waals surface area contributed by atoms with Crippen molar-refractivity contribution in [1.82, 2.24) is 4.90 Å². The number of carbonyl (C=O) groups excluding carboxylic acids is 2. The van der Waals surface area contributed by atoms with Gasteiger partial charge in [-0.25, -0.2) is 0 Å². The SMILES string of the molecule is CC(C)Oc1ccc(NC(=O)C2CCC(C(=O)N3CCOCC3)CC2)cc1. The normalized spacial score (nSPS) is 23.1. The third-order valence-electron chi connectivity index (χ3n) is 5.26. The van der Waals surface area contributed by atoms with Gasteiger partial charge in [-0.15, -0.1) is 0 Å². The summed E-state index contributed by atoms with van der Waals surface area (Å²) in [6.07, 6.45) is 3.23. The summed E-state index contributed by atoms with van der Waals surface area (Å²) in [5.41, 5.74) is 0.780. The monoisotopic (exact) mass is 374 g/mol. The minimum Gasteiger partial charge on any atom is -0.491 e. The summed E-state index contributed by atoms with van der Waals surface area (Å²) < 4.78 is 10.9. The molecule has 6 nitrogen and oxygen atoms in total. The van der Waals surface area contributed by atoms with Crippen molar-refractivity contribution in [3.05, 3.63) is 24.3 Å². The van der Waals surface area contributed by atoms with Crippen molar-refractivity contribution in [3.63, 3.8) is 0 Å². The van der Waals surface area contributed by atoms with Crippen LogP contribution in [0.3, 0.4) is 0 Å². The number of nitrogens with zero attached hydrogens (tertiary/aromatic N) is 1. The first kappa shape index (κ1) is 19.7. The number of anilines is 1. The topological polar surface area (TPSA) is 67.9 Å². The van der Waals surface area contributed by atoms with Gasteiger partial charge in [-0.05, 0) is 63.8 Å². The fourth-order valence-electron chi connectivity index (χ4n) is 3.78. The lowest BCUT2D eigenvalue weighted by Gasteiger charge is -2.33. The van der Waals surface area contributed by atoms with Gasteiger partial charge in [0.1, 0.15) is 5.75 Å². The van der Waals surface area contributed by atoms with Gasteiger partial charge in [0.2, 0.25) is 11.8 Å². The second kappa shape index (κ2) is 9.22. The van der Waals surface area contributed by atoms with Gasteiger partial charge in [-0.2, -0.15) is 0 Å². The summed E-state index contributed by atoms with van der Waals surface area (Å²) >= 11 is 0. The Morgan fingerprint density at radius 2 is 1.63 bits per heavy atom. The molecule has 148 valence electrons. The van der Waals surface area contributed by atoms with Gasteiger partial charge in [-0.1, -0.05) is 0 Å². The lowest BCUT2D eigenvalue weighted by molar-refractivity contribution is -0.141. The Morgan fingerprint density at radius 3 is 2.22 bits per heavy atom. The number of hydrogen-bond acceptors (Lipinski definition) is 4. The van der Waals surface area contributed by atoms with Crippen LogP contribution in [0, 0.1) is 11.8 Å². The van der Waals surface area contributed by atoms with E-state index in [1.54, 1.807) is 0 Å². The molecule has 6 heteroatoms. The highest BCUT2D eigenvalue weighted by atomic mass is 16.5. The smallest absolute Gasteiger partial charge is 0.227 e. The molecular weight excluding hydrogens is 344 g/mol. The van der Waals surface area contributed by atoms with Crippen LogP contribution < -0.4 is 10.1 Å². The van der Waals surface area contributed by atoms with Gasteiger partial charge in [0.25, 0.3) is 0 Å². The fraction of sp³-hybridized carbons (Fsp3) is 0.619. The van der Waals surface area contributed by atoms with Crippen LogP contribution in [0.15, 0.2) is 24.3 Å². The zero-order valence-corrected chi connectivity index (χ0v) is 16.3. The van der Waals surface area contributed by atoms with Gasteiger partial charge in [0.05, 0.1) is 19.3 Å². The van der Waals surface area contributed by atoms with E-state index in [1.165, 1.54) is 0 Å². The molecule has 1 aliphatic carbocycles. The maximum absolute atomic E-state index is 12.6. The molecule has 0 spiro atoms. The van der Waals surface area contributed by atoms with Crippen molar-refractivity contribution in [1.29, 1.82) is 0 Å². The Hall–Kier alpha value is -2.08. The average molecular weight is 374 g/mol. The minimum absolute atomic E-state index is 0.0228. The van der Waals surface area contributed by atoms with Crippen molar-refractivity contribution in [2.75, 3.05) is 31.6 Å². The first-order valence-electron chi connectivity index (χ1n) is 9.97. The second-order valence-corrected chi connectivity index (χ2v) is 7.67. The maximum atomic E-state index is 12.6. The largest absolute Gasteiger partial charge is 0.491 e. The number of ether oxygens (including phenoxy) is 2. The van der Waals surface area contributed by atoms with E-state index in [0.29, 0.717) is 26.3 Å². The van der Waals surface area contributed by atoms with E-state index in [4.69, 9.17) is 9.47 Å². The van der Waals surface area contributed by atoms with E-state index in [9.17, 15) is 9.59 Å². The Kier molecular flexibility index (Phi) is 6.72. The minimum atomic E-state index is -0.0228. The zero-order valence-electron chi connectivity index (χ0n) is 16.3. The molecule has 0 bridgehead atoms. The first-order valence-corrected chi connectivity index (χ1v) is 9.97. The van der Waals surface area contributed by atoms with Crippen molar-refractivity contribution in [2.24, 2.45) is 11.8 Å². The molecule has 1 saturated heterocycles. The molecule has 1 aliphatic heterocycles. The molecule has 1 N–H and O–H groups in total. The molecule has 1 heterocycles. The van der Waals surface area contributed by atoms with E-state index in [2.05, 4.69) is 5.32 Å². The Labute approximate surface area is 161 Å². The standard InChI is InChI=1S/C21H30N2O4/c1-15(2)27-19-9-7-18(8-10-19)22-20(24)16-3-5-17(6-4-16)21(25)23-11-13-26-14-12-23/h7-10,15-17H,3-6,11-14H2,1-2H3,(H,22,24). The maximum Gasteiger partial charge on any atom is 0.227 e. The zero-order chi connectivity index (χ0) is 19.2. The Bertz CT molecular complexity index is 630.